The molecule has 22 heavy (non-hydrogen) atoms. The van der Waals surface area contributed by atoms with E-state index in [4.69, 9.17) is 0 Å². The number of nitrogens with one attached hydrogen (secondary N) is 2. The summed E-state index contributed by atoms with van der Waals surface area (Å²) < 4.78 is 13.6. The number of hydrogen-bond donors (Lipinski definition) is 2. The van der Waals surface area contributed by atoms with Crippen molar-refractivity contribution in [3.05, 3.63) is 78.4 Å². The summed E-state index contributed by atoms with van der Waals surface area (Å²) in [6.07, 6.45) is 1.47. The Balaban J connectivity index is 1.68. The molecule has 0 bridgehead atoms. The first kappa shape index (κ1) is 14.0. The van der Waals surface area contributed by atoms with Crippen LogP contribution in [0.2, 0.25) is 0 Å². The number of halogens is 1. The predicted octanol–water partition coefficient (Wildman–Crippen LogP) is 3.97. The van der Waals surface area contributed by atoms with Crippen LogP contribution < -0.4 is 10.6 Å². The van der Waals surface area contributed by atoms with Crippen LogP contribution in [0.15, 0.2) is 67.0 Å². The van der Waals surface area contributed by atoms with Crippen LogP contribution in [0.1, 0.15) is 5.56 Å². The Bertz CT molecular complexity index is 746. The monoisotopic (exact) mass is 294 g/mol. The van der Waals surface area contributed by atoms with Crippen molar-refractivity contribution in [3.63, 3.8) is 0 Å². The van der Waals surface area contributed by atoms with Gasteiger partial charge in [0.25, 0.3) is 0 Å². The van der Waals surface area contributed by atoms with Crippen LogP contribution in [0.5, 0.6) is 0 Å². The lowest BCUT2D eigenvalue weighted by atomic mass is 10.2. The van der Waals surface area contributed by atoms with Crippen LogP contribution in [0.25, 0.3) is 0 Å². The minimum Gasteiger partial charge on any atom is -0.366 e. The zero-order valence-electron chi connectivity index (χ0n) is 11.8. The summed E-state index contributed by atoms with van der Waals surface area (Å²) in [5, 5.41) is 6.29. The fourth-order valence-electron chi connectivity index (χ4n) is 2.02. The topological polar surface area (TPSA) is 49.8 Å². The second-order valence-corrected chi connectivity index (χ2v) is 4.72. The quantitative estimate of drug-likeness (QED) is 0.747. The van der Waals surface area contributed by atoms with E-state index >= 15 is 0 Å². The van der Waals surface area contributed by atoms with E-state index in [1.54, 1.807) is 18.2 Å². The van der Waals surface area contributed by atoms with Gasteiger partial charge in [-0.1, -0.05) is 36.4 Å². The Morgan fingerprint density at radius 3 is 2.41 bits per heavy atom. The Labute approximate surface area is 128 Å². The number of hydrogen-bond acceptors (Lipinski definition) is 4. The van der Waals surface area contributed by atoms with E-state index in [2.05, 4.69) is 20.6 Å². The largest absolute Gasteiger partial charge is 0.366 e. The number of nitrogens with zero attached hydrogens (tertiary/aromatic N) is 2. The molecule has 0 aliphatic rings. The van der Waals surface area contributed by atoms with Crippen LogP contribution in [0.3, 0.4) is 0 Å². The highest BCUT2D eigenvalue weighted by Crippen LogP contribution is 2.16. The van der Waals surface area contributed by atoms with Gasteiger partial charge in [-0.3, -0.25) is 0 Å². The number of rotatable bonds is 5. The summed E-state index contributed by atoms with van der Waals surface area (Å²) >= 11 is 0. The lowest BCUT2D eigenvalue weighted by Crippen LogP contribution is -2.04. The van der Waals surface area contributed by atoms with Gasteiger partial charge in [0.2, 0.25) is 0 Å². The maximum absolute atomic E-state index is 13.6. The van der Waals surface area contributed by atoms with E-state index in [1.165, 1.54) is 12.4 Å². The third kappa shape index (κ3) is 3.58. The Morgan fingerprint density at radius 2 is 1.59 bits per heavy atom. The van der Waals surface area contributed by atoms with Crippen LogP contribution in [0, 0.1) is 5.82 Å². The van der Waals surface area contributed by atoms with Crippen molar-refractivity contribution in [2.24, 2.45) is 0 Å². The normalized spacial score (nSPS) is 10.2. The SMILES string of the molecule is Fc1ccccc1CNc1cc(Nc2ccccc2)ncn1. The number of anilines is 3. The Morgan fingerprint density at radius 1 is 0.864 bits per heavy atom. The van der Waals surface area contributed by atoms with Crippen molar-refractivity contribution in [2.45, 2.75) is 6.54 Å². The first-order valence-electron chi connectivity index (χ1n) is 6.93. The highest BCUT2D eigenvalue weighted by Gasteiger charge is 2.02. The lowest BCUT2D eigenvalue weighted by Gasteiger charge is -2.09. The van der Waals surface area contributed by atoms with Gasteiger partial charge in [0.15, 0.2) is 0 Å². The molecule has 0 radical (unpaired) electrons. The predicted molar refractivity (Wildman–Crippen MR) is 85.5 cm³/mol. The summed E-state index contributed by atoms with van der Waals surface area (Å²) in [7, 11) is 0. The molecule has 0 fully saturated rings. The molecule has 110 valence electrons. The summed E-state index contributed by atoms with van der Waals surface area (Å²) in [6, 6.07) is 18.2. The standard InChI is InChI=1S/C17H15FN4/c18-15-9-5-4-6-13(15)11-19-16-10-17(21-12-20-16)22-14-7-2-1-3-8-14/h1-10,12H,11H2,(H2,19,20,21,22). The molecule has 5 heteroatoms. The molecule has 3 aromatic rings. The van der Waals surface area contributed by atoms with Crippen molar-refractivity contribution in [3.8, 4) is 0 Å². The summed E-state index contributed by atoms with van der Waals surface area (Å²) in [5.74, 6) is 1.08. The van der Waals surface area contributed by atoms with Crippen molar-refractivity contribution < 1.29 is 4.39 Å². The molecule has 1 aromatic heterocycles. The number of aromatic nitrogens is 2. The van der Waals surface area contributed by atoms with Gasteiger partial charge in [0.05, 0.1) is 0 Å². The van der Waals surface area contributed by atoms with Crippen molar-refractivity contribution >= 4 is 17.3 Å². The summed E-state index contributed by atoms with van der Waals surface area (Å²) in [4.78, 5) is 8.31. The average Bonchev–Trinajstić information content (AvgIpc) is 2.55. The molecule has 0 amide bonds. The van der Waals surface area contributed by atoms with Gasteiger partial charge < -0.3 is 10.6 Å². The molecule has 0 saturated carbocycles. The van der Waals surface area contributed by atoms with Crippen LogP contribution >= 0.6 is 0 Å². The van der Waals surface area contributed by atoms with E-state index in [-0.39, 0.29) is 5.82 Å². The Hall–Kier alpha value is -2.95. The molecule has 0 spiro atoms. The molecule has 1 heterocycles. The van der Waals surface area contributed by atoms with Crippen LogP contribution in [0.4, 0.5) is 21.7 Å². The van der Waals surface area contributed by atoms with Crippen molar-refractivity contribution in [1.82, 2.24) is 9.97 Å². The van der Waals surface area contributed by atoms with Gasteiger partial charge in [-0.25, -0.2) is 14.4 Å². The highest BCUT2D eigenvalue weighted by atomic mass is 19.1. The molecular formula is C17H15FN4. The van der Waals surface area contributed by atoms with Gasteiger partial charge in [-0.05, 0) is 18.2 Å². The highest BCUT2D eigenvalue weighted by molar-refractivity contribution is 5.58. The lowest BCUT2D eigenvalue weighted by molar-refractivity contribution is 0.613. The number of para-hydroxylation sites is 1. The van der Waals surface area contributed by atoms with E-state index in [9.17, 15) is 4.39 Å². The molecule has 0 aliphatic carbocycles. The maximum Gasteiger partial charge on any atom is 0.135 e. The second kappa shape index (κ2) is 6.67. The first-order valence-corrected chi connectivity index (χ1v) is 6.93. The van der Waals surface area contributed by atoms with E-state index in [0.29, 0.717) is 23.7 Å². The van der Waals surface area contributed by atoms with Gasteiger partial charge >= 0.3 is 0 Å². The van der Waals surface area contributed by atoms with Gasteiger partial charge in [-0.15, -0.1) is 0 Å². The molecule has 2 aromatic carbocycles. The van der Waals surface area contributed by atoms with Crippen molar-refractivity contribution in [2.75, 3.05) is 10.6 Å². The van der Waals surface area contributed by atoms with Crippen molar-refractivity contribution in [1.29, 1.82) is 0 Å². The average molecular weight is 294 g/mol. The zero-order valence-corrected chi connectivity index (χ0v) is 11.8. The fraction of sp³-hybridized carbons (Fsp3) is 0.0588. The fourth-order valence-corrected chi connectivity index (χ4v) is 2.02. The minimum atomic E-state index is -0.230. The van der Waals surface area contributed by atoms with E-state index in [1.807, 2.05) is 36.4 Å². The smallest absolute Gasteiger partial charge is 0.135 e. The molecule has 0 unspecified atom stereocenters. The maximum atomic E-state index is 13.6. The molecule has 0 atom stereocenters. The minimum absolute atomic E-state index is 0.230. The molecule has 0 aliphatic heterocycles. The molecule has 2 N–H and O–H groups in total. The van der Waals surface area contributed by atoms with Gasteiger partial charge in [0, 0.05) is 23.9 Å². The number of benzene rings is 2. The third-order valence-electron chi connectivity index (χ3n) is 3.13. The van der Waals surface area contributed by atoms with E-state index in [0.717, 1.165) is 5.69 Å². The Kier molecular flexibility index (Phi) is 4.25. The van der Waals surface area contributed by atoms with Gasteiger partial charge in [0.1, 0.15) is 23.8 Å². The first-order chi connectivity index (χ1) is 10.8. The molecule has 4 nitrogen and oxygen atoms in total. The second-order valence-electron chi connectivity index (χ2n) is 4.72. The summed E-state index contributed by atoms with van der Waals surface area (Å²) in [6.45, 7) is 0.370. The molecule has 0 saturated heterocycles. The van der Waals surface area contributed by atoms with Crippen LogP contribution in [-0.2, 0) is 6.54 Å². The molecular weight excluding hydrogens is 279 g/mol. The summed E-state index contributed by atoms with van der Waals surface area (Å²) in [5.41, 5.74) is 1.54. The van der Waals surface area contributed by atoms with Crippen LogP contribution in [-0.4, -0.2) is 9.97 Å². The molecule has 3 rings (SSSR count). The zero-order chi connectivity index (χ0) is 15.2. The van der Waals surface area contributed by atoms with Gasteiger partial charge in [-0.2, -0.15) is 0 Å². The third-order valence-corrected chi connectivity index (χ3v) is 3.13. The van der Waals surface area contributed by atoms with E-state index < -0.39 is 0 Å².